The van der Waals surface area contributed by atoms with Gasteiger partial charge >= 0.3 is 0 Å². The van der Waals surface area contributed by atoms with Gasteiger partial charge < -0.3 is 0 Å². The molecule has 3 nitrogen and oxygen atoms in total. The molecule has 23 heavy (non-hydrogen) atoms. The first-order valence-electron chi connectivity index (χ1n) is 7.05. The normalized spacial score (nSPS) is 12.0. The SMILES string of the molecule is O=S(=O)(CC=Cc1cccc2ccccc12)c1ccnc(Br)c1. The molecule has 0 amide bonds. The second-order valence-electron chi connectivity index (χ2n) is 5.07. The van der Waals surface area contributed by atoms with E-state index < -0.39 is 9.84 Å². The van der Waals surface area contributed by atoms with E-state index in [4.69, 9.17) is 0 Å². The van der Waals surface area contributed by atoms with E-state index in [-0.39, 0.29) is 10.6 Å². The van der Waals surface area contributed by atoms with Crippen LogP contribution >= 0.6 is 15.9 Å². The van der Waals surface area contributed by atoms with Crippen LogP contribution in [-0.4, -0.2) is 19.2 Å². The summed E-state index contributed by atoms with van der Waals surface area (Å²) in [7, 11) is -3.36. The van der Waals surface area contributed by atoms with Crippen molar-refractivity contribution in [3.05, 3.63) is 77.0 Å². The molecule has 116 valence electrons. The molecule has 2 aromatic carbocycles. The van der Waals surface area contributed by atoms with Gasteiger partial charge in [0, 0.05) is 6.20 Å². The Morgan fingerprint density at radius 2 is 1.83 bits per heavy atom. The molecular formula is C18H14BrNO2S. The Morgan fingerprint density at radius 3 is 2.65 bits per heavy atom. The fraction of sp³-hybridized carbons (Fsp3) is 0.0556. The lowest BCUT2D eigenvalue weighted by molar-refractivity contribution is 0.599. The first kappa shape index (κ1) is 15.9. The third-order valence-electron chi connectivity index (χ3n) is 3.49. The standard InChI is InChI=1S/C18H14BrNO2S/c19-18-13-16(10-11-20-18)23(21,22)12-4-8-15-7-3-6-14-5-1-2-9-17(14)15/h1-11,13H,12H2. The van der Waals surface area contributed by atoms with Crippen molar-refractivity contribution in [2.75, 3.05) is 5.75 Å². The van der Waals surface area contributed by atoms with Crippen molar-refractivity contribution in [1.29, 1.82) is 0 Å². The molecule has 0 N–H and O–H groups in total. The largest absolute Gasteiger partial charge is 0.249 e. The number of aromatic nitrogens is 1. The van der Waals surface area contributed by atoms with E-state index in [1.165, 1.54) is 18.3 Å². The zero-order valence-corrected chi connectivity index (χ0v) is 14.6. The Bertz CT molecular complexity index is 976. The summed E-state index contributed by atoms with van der Waals surface area (Å²) in [6, 6.07) is 17.0. The lowest BCUT2D eigenvalue weighted by Gasteiger charge is -2.03. The van der Waals surface area contributed by atoms with Crippen molar-refractivity contribution in [1.82, 2.24) is 4.98 Å². The summed E-state index contributed by atoms with van der Waals surface area (Å²) >= 11 is 3.19. The Labute approximate surface area is 143 Å². The van der Waals surface area contributed by atoms with E-state index in [0.717, 1.165) is 16.3 Å². The molecule has 0 unspecified atom stereocenters. The molecule has 5 heteroatoms. The van der Waals surface area contributed by atoms with Crippen LogP contribution in [-0.2, 0) is 9.84 Å². The van der Waals surface area contributed by atoms with E-state index in [2.05, 4.69) is 20.9 Å². The predicted molar refractivity (Wildman–Crippen MR) is 97.0 cm³/mol. The van der Waals surface area contributed by atoms with Crippen LogP contribution in [0.1, 0.15) is 5.56 Å². The van der Waals surface area contributed by atoms with Crippen LogP contribution in [0.2, 0.25) is 0 Å². The number of nitrogens with zero attached hydrogens (tertiary/aromatic N) is 1. The first-order valence-corrected chi connectivity index (χ1v) is 9.49. The number of pyridine rings is 1. The summed E-state index contributed by atoms with van der Waals surface area (Å²) in [6.07, 6.45) is 5.02. The van der Waals surface area contributed by atoms with Gasteiger partial charge in [-0.2, -0.15) is 0 Å². The van der Waals surface area contributed by atoms with E-state index in [1.807, 2.05) is 48.5 Å². The Balaban J connectivity index is 1.86. The van der Waals surface area contributed by atoms with Gasteiger partial charge in [-0.05, 0) is 44.4 Å². The van der Waals surface area contributed by atoms with Gasteiger partial charge in [0.25, 0.3) is 0 Å². The highest BCUT2D eigenvalue weighted by Gasteiger charge is 2.12. The Morgan fingerprint density at radius 1 is 1.04 bits per heavy atom. The monoisotopic (exact) mass is 387 g/mol. The number of benzene rings is 2. The lowest BCUT2D eigenvalue weighted by Crippen LogP contribution is -2.04. The molecule has 1 heterocycles. The van der Waals surface area contributed by atoms with E-state index in [0.29, 0.717) is 4.60 Å². The number of sulfone groups is 1. The topological polar surface area (TPSA) is 47.0 Å². The highest BCUT2D eigenvalue weighted by atomic mass is 79.9. The summed E-state index contributed by atoms with van der Waals surface area (Å²) in [5.41, 5.74) is 1.01. The van der Waals surface area contributed by atoms with E-state index in [1.54, 1.807) is 6.08 Å². The number of hydrogen-bond donors (Lipinski definition) is 0. The molecule has 0 radical (unpaired) electrons. The van der Waals surface area contributed by atoms with Crippen LogP contribution in [0.5, 0.6) is 0 Å². The van der Waals surface area contributed by atoms with Gasteiger partial charge in [0.1, 0.15) is 4.60 Å². The average molecular weight is 388 g/mol. The second kappa shape index (κ2) is 6.64. The van der Waals surface area contributed by atoms with Crippen LogP contribution in [0.15, 0.2) is 76.4 Å². The van der Waals surface area contributed by atoms with Crippen molar-refractivity contribution in [3.8, 4) is 0 Å². The minimum atomic E-state index is -3.36. The molecule has 1 aromatic heterocycles. The van der Waals surface area contributed by atoms with Crippen LogP contribution < -0.4 is 0 Å². The van der Waals surface area contributed by atoms with E-state index in [9.17, 15) is 8.42 Å². The number of hydrogen-bond acceptors (Lipinski definition) is 3. The summed E-state index contributed by atoms with van der Waals surface area (Å²) < 4.78 is 25.2. The van der Waals surface area contributed by atoms with Gasteiger partial charge in [0.15, 0.2) is 9.84 Å². The summed E-state index contributed by atoms with van der Waals surface area (Å²) in [5.74, 6) is -0.0489. The molecular weight excluding hydrogens is 374 g/mol. The van der Waals surface area contributed by atoms with Crippen LogP contribution in [0.3, 0.4) is 0 Å². The van der Waals surface area contributed by atoms with Crippen molar-refractivity contribution < 1.29 is 8.42 Å². The minimum absolute atomic E-state index is 0.0489. The average Bonchev–Trinajstić information content (AvgIpc) is 2.55. The fourth-order valence-electron chi connectivity index (χ4n) is 2.37. The molecule has 0 aliphatic heterocycles. The zero-order chi connectivity index (χ0) is 16.3. The van der Waals surface area contributed by atoms with Gasteiger partial charge in [-0.25, -0.2) is 13.4 Å². The highest BCUT2D eigenvalue weighted by molar-refractivity contribution is 9.10. The zero-order valence-electron chi connectivity index (χ0n) is 12.2. The summed E-state index contributed by atoms with van der Waals surface area (Å²) in [4.78, 5) is 4.22. The molecule has 0 saturated carbocycles. The highest BCUT2D eigenvalue weighted by Crippen LogP contribution is 2.20. The van der Waals surface area contributed by atoms with Gasteiger partial charge in [0.05, 0.1) is 10.6 Å². The molecule has 3 rings (SSSR count). The molecule has 0 fully saturated rings. The predicted octanol–water partition coefficient (Wildman–Crippen LogP) is 4.48. The number of rotatable bonds is 4. The van der Waals surface area contributed by atoms with Crippen molar-refractivity contribution in [2.24, 2.45) is 0 Å². The number of halogens is 1. The second-order valence-corrected chi connectivity index (χ2v) is 7.91. The third kappa shape index (κ3) is 3.68. The molecule has 0 atom stereocenters. The maximum atomic E-state index is 12.3. The van der Waals surface area contributed by atoms with Gasteiger partial charge in [-0.3, -0.25) is 0 Å². The fourth-order valence-corrected chi connectivity index (χ4v) is 3.99. The Kier molecular flexibility index (Phi) is 4.59. The molecule has 0 aliphatic rings. The van der Waals surface area contributed by atoms with E-state index >= 15 is 0 Å². The van der Waals surface area contributed by atoms with Gasteiger partial charge in [-0.15, -0.1) is 0 Å². The van der Waals surface area contributed by atoms with Crippen LogP contribution in [0.25, 0.3) is 16.8 Å². The smallest absolute Gasteiger partial charge is 0.182 e. The Hall–Kier alpha value is -1.98. The summed E-state index contributed by atoms with van der Waals surface area (Å²) in [6.45, 7) is 0. The maximum Gasteiger partial charge on any atom is 0.182 e. The van der Waals surface area contributed by atoms with Crippen LogP contribution in [0, 0.1) is 0 Å². The molecule has 0 spiro atoms. The lowest BCUT2D eigenvalue weighted by atomic mass is 10.0. The summed E-state index contributed by atoms with van der Waals surface area (Å²) in [5, 5.41) is 2.24. The quantitative estimate of drug-likeness (QED) is 0.619. The van der Waals surface area contributed by atoms with Crippen LogP contribution in [0.4, 0.5) is 0 Å². The molecule has 0 bridgehead atoms. The molecule has 0 aliphatic carbocycles. The van der Waals surface area contributed by atoms with Gasteiger partial charge in [-0.1, -0.05) is 54.6 Å². The first-order chi connectivity index (χ1) is 11.1. The third-order valence-corrected chi connectivity index (χ3v) is 5.53. The number of fused-ring (bicyclic) bond motifs is 1. The van der Waals surface area contributed by atoms with Gasteiger partial charge in [0.2, 0.25) is 0 Å². The van der Waals surface area contributed by atoms with Crippen molar-refractivity contribution in [2.45, 2.75) is 4.90 Å². The van der Waals surface area contributed by atoms with Crippen molar-refractivity contribution in [3.63, 3.8) is 0 Å². The molecule has 3 aromatic rings. The maximum absolute atomic E-state index is 12.3. The minimum Gasteiger partial charge on any atom is -0.249 e. The van der Waals surface area contributed by atoms with Crippen molar-refractivity contribution >= 4 is 42.6 Å². The molecule has 0 saturated heterocycles.